The Balaban J connectivity index is 2.27. The maximum absolute atomic E-state index is 13.2. The second-order valence-corrected chi connectivity index (χ2v) is 7.36. The van der Waals surface area contributed by atoms with Gasteiger partial charge in [-0.3, -0.25) is 4.21 Å². The van der Waals surface area contributed by atoms with Crippen LogP contribution in [0.1, 0.15) is 25.5 Å². The summed E-state index contributed by atoms with van der Waals surface area (Å²) in [4.78, 5) is 0. The van der Waals surface area contributed by atoms with E-state index in [0.29, 0.717) is 16.0 Å². The van der Waals surface area contributed by atoms with Crippen molar-refractivity contribution in [3.8, 4) is 0 Å². The summed E-state index contributed by atoms with van der Waals surface area (Å²) < 4.78 is 25.4. The largest absolute Gasteiger partial charge is 0.303 e. The summed E-state index contributed by atoms with van der Waals surface area (Å²) in [6.45, 7) is 4.07. The van der Waals surface area contributed by atoms with Crippen LogP contribution in [0.3, 0.4) is 0 Å². The number of nitrogens with one attached hydrogen (secondary N) is 1. The standard InChI is InChI=1S/C12H15BrFNOS/c1-12(2)7-17(16)6-11(15-12)8-3-4-10(14)9(13)5-8/h3-5,11,15H,6-7H2,1-2H3. The van der Waals surface area contributed by atoms with Crippen molar-refractivity contribution in [1.29, 1.82) is 0 Å². The van der Waals surface area contributed by atoms with Crippen LogP contribution in [0.4, 0.5) is 4.39 Å². The summed E-state index contributed by atoms with van der Waals surface area (Å²) in [7, 11) is -0.824. The van der Waals surface area contributed by atoms with E-state index < -0.39 is 10.8 Å². The third kappa shape index (κ3) is 3.14. The lowest BCUT2D eigenvalue weighted by Gasteiger charge is -2.36. The number of hydrogen-bond acceptors (Lipinski definition) is 2. The van der Waals surface area contributed by atoms with Gasteiger partial charge in [0, 0.05) is 33.9 Å². The first-order valence-electron chi connectivity index (χ1n) is 5.45. The zero-order chi connectivity index (χ0) is 12.6. The minimum atomic E-state index is -0.824. The summed E-state index contributed by atoms with van der Waals surface area (Å²) in [6, 6.07) is 4.96. The van der Waals surface area contributed by atoms with Crippen LogP contribution >= 0.6 is 15.9 Å². The predicted molar refractivity (Wildman–Crippen MR) is 71.9 cm³/mol. The molecule has 1 aliphatic heterocycles. The van der Waals surface area contributed by atoms with Crippen molar-refractivity contribution in [2.24, 2.45) is 0 Å². The monoisotopic (exact) mass is 319 g/mol. The summed E-state index contributed by atoms with van der Waals surface area (Å²) in [5.74, 6) is 0.970. The molecule has 1 aromatic rings. The fraction of sp³-hybridized carbons (Fsp3) is 0.500. The van der Waals surface area contributed by atoms with Gasteiger partial charge in [-0.25, -0.2) is 4.39 Å². The highest BCUT2D eigenvalue weighted by molar-refractivity contribution is 9.10. The molecule has 5 heteroatoms. The Morgan fingerprint density at radius 3 is 2.82 bits per heavy atom. The molecule has 2 unspecified atom stereocenters. The van der Waals surface area contributed by atoms with Crippen LogP contribution in [0, 0.1) is 5.82 Å². The normalized spacial score (nSPS) is 28.0. The quantitative estimate of drug-likeness (QED) is 0.862. The van der Waals surface area contributed by atoms with E-state index in [1.165, 1.54) is 6.07 Å². The molecule has 0 aromatic heterocycles. The van der Waals surface area contributed by atoms with Gasteiger partial charge >= 0.3 is 0 Å². The molecule has 2 atom stereocenters. The minimum absolute atomic E-state index is 0.0245. The van der Waals surface area contributed by atoms with Crippen LogP contribution in [-0.4, -0.2) is 21.3 Å². The molecule has 0 amide bonds. The molecule has 1 N–H and O–H groups in total. The van der Waals surface area contributed by atoms with Gasteiger partial charge in [-0.15, -0.1) is 0 Å². The molecule has 1 saturated heterocycles. The first-order valence-corrected chi connectivity index (χ1v) is 7.73. The molecule has 0 aliphatic carbocycles. The van der Waals surface area contributed by atoms with Crippen molar-refractivity contribution in [1.82, 2.24) is 5.32 Å². The van der Waals surface area contributed by atoms with E-state index in [1.54, 1.807) is 12.1 Å². The minimum Gasteiger partial charge on any atom is -0.303 e. The van der Waals surface area contributed by atoms with Gasteiger partial charge in [0.15, 0.2) is 0 Å². The Morgan fingerprint density at radius 1 is 1.53 bits per heavy atom. The van der Waals surface area contributed by atoms with E-state index in [0.717, 1.165) is 5.56 Å². The van der Waals surface area contributed by atoms with Crippen molar-refractivity contribution in [2.45, 2.75) is 25.4 Å². The third-order valence-corrected chi connectivity index (χ3v) is 5.14. The lowest BCUT2D eigenvalue weighted by Crippen LogP contribution is -2.52. The topological polar surface area (TPSA) is 29.1 Å². The van der Waals surface area contributed by atoms with Gasteiger partial charge in [-0.1, -0.05) is 6.07 Å². The van der Waals surface area contributed by atoms with Crippen LogP contribution in [0.5, 0.6) is 0 Å². The highest BCUT2D eigenvalue weighted by Gasteiger charge is 2.32. The fourth-order valence-corrected chi connectivity index (χ4v) is 4.16. The third-order valence-electron chi connectivity index (χ3n) is 2.79. The maximum atomic E-state index is 13.2. The van der Waals surface area contributed by atoms with Crippen LogP contribution < -0.4 is 5.32 Å². The molecular formula is C12H15BrFNOS. The Labute approximate surface area is 112 Å². The molecular weight excluding hydrogens is 305 g/mol. The van der Waals surface area contributed by atoms with Gasteiger partial charge in [0.1, 0.15) is 5.82 Å². The molecule has 2 nitrogen and oxygen atoms in total. The first kappa shape index (κ1) is 13.2. The zero-order valence-electron chi connectivity index (χ0n) is 9.80. The fourth-order valence-electron chi connectivity index (χ4n) is 2.11. The predicted octanol–water partition coefficient (Wildman–Crippen LogP) is 2.76. The smallest absolute Gasteiger partial charge is 0.137 e. The lowest BCUT2D eigenvalue weighted by molar-refractivity contribution is 0.369. The molecule has 17 heavy (non-hydrogen) atoms. The van der Waals surface area contributed by atoms with E-state index in [9.17, 15) is 8.60 Å². The Bertz CT molecular complexity index is 464. The Kier molecular flexibility index (Phi) is 3.71. The molecule has 2 rings (SSSR count). The molecule has 0 spiro atoms. The average molecular weight is 320 g/mol. The number of hydrogen-bond donors (Lipinski definition) is 1. The van der Waals surface area contributed by atoms with Gasteiger partial charge in [-0.05, 0) is 47.5 Å². The molecule has 94 valence electrons. The van der Waals surface area contributed by atoms with Gasteiger partial charge in [0.2, 0.25) is 0 Å². The van der Waals surface area contributed by atoms with E-state index >= 15 is 0 Å². The molecule has 1 aliphatic rings. The summed E-state index contributed by atoms with van der Waals surface area (Å²) in [5, 5.41) is 3.45. The highest BCUT2D eigenvalue weighted by Crippen LogP contribution is 2.27. The van der Waals surface area contributed by atoms with Crippen molar-refractivity contribution in [2.75, 3.05) is 11.5 Å². The highest BCUT2D eigenvalue weighted by atomic mass is 79.9. The Morgan fingerprint density at radius 2 is 2.24 bits per heavy atom. The number of rotatable bonds is 1. The Hall–Kier alpha value is -0.260. The summed E-state index contributed by atoms with van der Waals surface area (Å²) in [5.41, 5.74) is 0.827. The lowest BCUT2D eigenvalue weighted by atomic mass is 10.0. The van der Waals surface area contributed by atoms with E-state index in [-0.39, 0.29) is 17.4 Å². The van der Waals surface area contributed by atoms with Gasteiger partial charge in [0.25, 0.3) is 0 Å². The van der Waals surface area contributed by atoms with Gasteiger partial charge in [-0.2, -0.15) is 0 Å². The van der Waals surface area contributed by atoms with Crippen LogP contribution in [-0.2, 0) is 10.8 Å². The SMILES string of the molecule is CC1(C)CS(=O)CC(c2ccc(F)c(Br)c2)N1. The molecule has 1 aromatic carbocycles. The van der Waals surface area contributed by atoms with Crippen molar-refractivity contribution >= 4 is 26.7 Å². The van der Waals surface area contributed by atoms with Crippen LogP contribution in [0.15, 0.2) is 22.7 Å². The van der Waals surface area contributed by atoms with Crippen molar-refractivity contribution in [3.05, 3.63) is 34.1 Å². The molecule has 0 bridgehead atoms. The van der Waals surface area contributed by atoms with E-state index in [4.69, 9.17) is 0 Å². The summed E-state index contributed by atoms with van der Waals surface area (Å²) >= 11 is 3.18. The number of benzene rings is 1. The second-order valence-electron chi connectivity index (χ2n) is 5.01. The zero-order valence-corrected chi connectivity index (χ0v) is 12.2. The first-order chi connectivity index (χ1) is 7.87. The molecule has 1 fully saturated rings. The van der Waals surface area contributed by atoms with Gasteiger partial charge in [0.05, 0.1) is 4.47 Å². The summed E-state index contributed by atoms with van der Waals surface area (Å²) in [6.07, 6.45) is 0. The van der Waals surface area contributed by atoms with E-state index in [2.05, 4.69) is 21.2 Å². The molecule has 0 saturated carbocycles. The van der Waals surface area contributed by atoms with Crippen molar-refractivity contribution < 1.29 is 8.60 Å². The van der Waals surface area contributed by atoms with Crippen LogP contribution in [0.2, 0.25) is 0 Å². The molecule has 1 heterocycles. The maximum Gasteiger partial charge on any atom is 0.137 e. The van der Waals surface area contributed by atoms with E-state index in [1.807, 2.05) is 13.8 Å². The van der Waals surface area contributed by atoms with Crippen molar-refractivity contribution in [3.63, 3.8) is 0 Å². The molecule has 0 radical (unpaired) electrons. The number of halogens is 2. The average Bonchev–Trinajstić information content (AvgIpc) is 2.19. The second kappa shape index (κ2) is 4.78. The van der Waals surface area contributed by atoms with Gasteiger partial charge < -0.3 is 5.32 Å². The van der Waals surface area contributed by atoms with Crippen LogP contribution in [0.25, 0.3) is 0 Å².